The van der Waals surface area contributed by atoms with Crippen molar-refractivity contribution in [2.24, 2.45) is 17.8 Å². The molecule has 3 atom stereocenters. The molecule has 3 aliphatic rings. The molecule has 2 aromatic carbocycles. The highest BCUT2D eigenvalue weighted by Crippen LogP contribution is 2.38. The maximum atomic E-state index is 12.7. The van der Waals surface area contributed by atoms with Crippen LogP contribution in [0, 0.1) is 17.8 Å². The molecule has 1 aliphatic carbocycles. The number of fused-ring (bicyclic) bond motifs is 1. The molecule has 0 saturated carbocycles. The first-order chi connectivity index (χ1) is 16.3. The Hall–Kier alpha value is -3.16. The minimum Gasteiger partial charge on any atom is -0.426 e. The van der Waals surface area contributed by atoms with E-state index in [0.29, 0.717) is 29.2 Å². The van der Waals surface area contributed by atoms with E-state index in [1.54, 1.807) is 30.3 Å². The summed E-state index contributed by atoms with van der Waals surface area (Å²) >= 11 is 12.3. The Balaban J connectivity index is 1.25. The molecule has 34 heavy (non-hydrogen) atoms. The van der Waals surface area contributed by atoms with Gasteiger partial charge in [0, 0.05) is 13.0 Å². The summed E-state index contributed by atoms with van der Waals surface area (Å²) in [5.74, 6) is -2.23. The van der Waals surface area contributed by atoms with Crippen molar-refractivity contribution in [3.8, 4) is 5.75 Å². The Morgan fingerprint density at radius 2 is 1.56 bits per heavy atom. The lowest BCUT2D eigenvalue weighted by atomic mass is 9.85. The lowest BCUT2D eigenvalue weighted by Crippen LogP contribution is -2.30. The van der Waals surface area contributed by atoms with E-state index < -0.39 is 11.9 Å². The van der Waals surface area contributed by atoms with Crippen LogP contribution in [0.4, 0.5) is 11.4 Å². The lowest BCUT2D eigenvalue weighted by Gasteiger charge is -2.18. The number of carbonyl (C=O) groups excluding carboxylic acids is 4. The molecule has 2 fully saturated rings. The zero-order chi connectivity index (χ0) is 24.0. The van der Waals surface area contributed by atoms with Gasteiger partial charge in [0.1, 0.15) is 5.75 Å². The van der Waals surface area contributed by atoms with Gasteiger partial charge in [-0.3, -0.25) is 24.1 Å². The number of rotatable bonds is 4. The highest BCUT2D eigenvalue weighted by Gasteiger charge is 2.47. The molecular weight excluding hydrogens is 479 g/mol. The zero-order valence-electron chi connectivity index (χ0n) is 17.9. The molecule has 0 spiro atoms. The van der Waals surface area contributed by atoms with Crippen LogP contribution >= 0.6 is 23.2 Å². The monoisotopic (exact) mass is 498 g/mol. The van der Waals surface area contributed by atoms with Crippen LogP contribution in [0.3, 0.4) is 0 Å². The number of hydrogen-bond acceptors (Lipinski definition) is 5. The number of halogens is 2. The molecule has 174 valence electrons. The van der Waals surface area contributed by atoms with E-state index in [1.165, 1.54) is 21.9 Å². The van der Waals surface area contributed by atoms with Crippen LogP contribution in [-0.4, -0.2) is 30.2 Å². The van der Waals surface area contributed by atoms with Crippen molar-refractivity contribution >= 4 is 58.3 Å². The second-order valence-electron chi connectivity index (χ2n) is 8.56. The number of nitrogens with zero attached hydrogens (tertiary/aromatic N) is 2. The smallest absolute Gasteiger partial charge is 0.316 e. The van der Waals surface area contributed by atoms with E-state index in [4.69, 9.17) is 27.9 Å². The summed E-state index contributed by atoms with van der Waals surface area (Å²) < 4.78 is 5.48. The summed E-state index contributed by atoms with van der Waals surface area (Å²) in [6.07, 6.45) is 5.01. The van der Waals surface area contributed by atoms with Gasteiger partial charge in [-0.2, -0.15) is 0 Å². The first-order valence-electron chi connectivity index (χ1n) is 10.9. The summed E-state index contributed by atoms with van der Waals surface area (Å²) in [4.78, 5) is 53.4. The molecule has 2 heterocycles. The van der Waals surface area contributed by atoms with Gasteiger partial charge in [0.2, 0.25) is 17.7 Å². The number of anilines is 2. The average Bonchev–Trinajstić information content (AvgIpc) is 3.34. The number of ether oxygens (including phenoxy) is 1. The maximum absolute atomic E-state index is 12.7. The third-order valence-corrected chi connectivity index (χ3v) is 7.31. The number of amides is 3. The number of allylic oxidation sites excluding steroid dienone is 2. The second kappa shape index (κ2) is 8.89. The first-order valence-corrected chi connectivity index (χ1v) is 11.7. The summed E-state index contributed by atoms with van der Waals surface area (Å²) in [7, 11) is 0. The Bertz CT molecular complexity index is 1200. The third-order valence-electron chi connectivity index (χ3n) is 6.50. The Morgan fingerprint density at radius 1 is 0.912 bits per heavy atom. The van der Waals surface area contributed by atoms with Gasteiger partial charge in [0.05, 0.1) is 39.2 Å². The van der Waals surface area contributed by atoms with E-state index in [1.807, 2.05) is 12.2 Å². The molecule has 0 unspecified atom stereocenters. The summed E-state index contributed by atoms with van der Waals surface area (Å²) in [6.45, 7) is 0.128. The minimum atomic E-state index is -0.667. The van der Waals surface area contributed by atoms with E-state index in [9.17, 15) is 19.2 Å². The molecule has 2 aromatic rings. The van der Waals surface area contributed by atoms with Crippen LogP contribution in [0.15, 0.2) is 54.6 Å². The topological polar surface area (TPSA) is 84.0 Å². The maximum Gasteiger partial charge on any atom is 0.316 e. The molecule has 2 aliphatic heterocycles. The van der Waals surface area contributed by atoms with Gasteiger partial charge in [-0.05, 0) is 49.2 Å². The standard InChI is InChI=1S/C25H20Cl2N2O5/c26-19-6-3-7-20(22(19)27)28-13-14(12-21(28)30)25(33)34-16-10-8-15(9-11-16)29-23(31)17-4-1-2-5-18(17)24(29)32/h1-3,6-11,14,17-18H,4-5,12-13H2/t14-,17-,18-/m1/s1. The van der Waals surface area contributed by atoms with Gasteiger partial charge in [-0.15, -0.1) is 0 Å². The second-order valence-corrected chi connectivity index (χ2v) is 9.35. The van der Waals surface area contributed by atoms with Crippen LogP contribution in [-0.2, 0) is 19.2 Å². The summed E-state index contributed by atoms with van der Waals surface area (Å²) in [6, 6.07) is 11.2. The van der Waals surface area contributed by atoms with Gasteiger partial charge in [-0.1, -0.05) is 41.4 Å². The van der Waals surface area contributed by atoms with Crippen molar-refractivity contribution < 1.29 is 23.9 Å². The van der Waals surface area contributed by atoms with Crippen molar-refractivity contribution in [1.29, 1.82) is 0 Å². The van der Waals surface area contributed by atoms with Crippen molar-refractivity contribution in [3.05, 3.63) is 64.7 Å². The molecule has 0 aromatic heterocycles. The van der Waals surface area contributed by atoms with Crippen LogP contribution in [0.5, 0.6) is 5.75 Å². The van der Waals surface area contributed by atoms with Crippen LogP contribution in [0.1, 0.15) is 19.3 Å². The Morgan fingerprint density at radius 3 is 2.21 bits per heavy atom. The van der Waals surface area contributed by atoms with Gasteiger partial charge in [-0.25, -0.2) is 0 Å². The van der Waals surface area contributed by atoms with Gasteiger partial charge >= 0.3 is 5.97 Å². The van der Waals surface area contributed by atoms with Crippen molar-refractivity contribution in [1.82, 2.24) is 0 Å². The number of hydrogen-bond donors (Lipinski definition) is 0. The van der Waals surface area contributed by atoms with Crippen LogP contribution in [0.2, 0.25) is 10.0 Å². The average molecular weight is 499 g/mol. The van der Waals surface area contributed by atoms with Gasteiger partial charge in [0.25, 0.3) is 0 Å². The number of benzene rings is 2. The fraction of sp³-hybridized carbons (Fsp3) is 0.280. The largest absolute Gasteiger partial charge is 0.426 e. The molecule has 3 amide bonds. The highest BCUT2D eigenvalue weighted by atomic mass is 35.5. The Labute approximate surface area is 205 Å². The fourth-order valence-electron chi connectivity index (χ4n) is 4.72. The molecular formula is C25H20Cl2N2O5. The van der Waals surface area contributed by atoms with Crippen LogP contribution < -0.4 is 14.5 Å². The van der Waals surface area contributed by atoms with Gasteiger partial charge < -0.3 is 9.64 Å². The predicted octanol–water partition coefficient (Wildman–Crippen LogP) is 4.41. The summed E-state index contributed by atoms with van der Waals surface area (Å²) in [5, 5.41) is 0.576. The molecule has 0 N–H and O–H groups in total. The third kappa shape index (κ3) is 3.89. The molecule has 0 bridgehead atoms. The highest BCUT2D eigenvalue weighted by molar-refractivity contribution is 6.44. The fourth-order valence-corrected chi connectivity index (χ4v) is 5.11. The summed E-state index contributed by atoms with van der Waals surface area (Å²) in [5.41, 5.74) is 0.900. The molecule has 7 nitrogen and oxygen atoms in total. The van der Waals surface area contributed by atoms with Crippen molar-refractivity contribution in [3.63, 3.8) is 0 Å². The quantitative estimate of drug-likeness (QED) is 0.270. The predicted molar refractivity (Wildman–Crippen MR) is 127 cm³/mol. The molecule has 0 radical (unpaired) electrons. The van der Waals surface area contributed by atoms with Gasteiger partial charge in [0.15, 0.2) is 0 Å². The first kappa shape index (κ1) is 22.6. The SMILES string of the molecule is O=C(Oc1ccc(N2C(=O)[C@@H]3CC=CC[C@H]3C2=O)cc1)[C@@H]1CC(=O)N(c2cccc(Cl)c2Cl)C1. The number of esters is 1. The van der Waals surface area contributed by atoms with E-state index in [-0.39, 0.29) is 53.3 Å². The Kier molecular flexibility index (Phi) is 5.91. The number of carbonyl (C=O) groups is 4. The molecule has 9 heteroatoms. The number of imide groups is 1. The minimum absolute atomic E-state index is 0.00659. The van der Waals surface area contributed by atoms with E-state index in [2.05, 4.69) is 0 Å². The van der Waals surface area contributed by atoms with Crippen molar-refractivity contribution in [2.75, 3.05) is 16.3 Å². The normalized spacial score (nSPS) is 24.1. The van der Waals surface area contributed by atoms with Crippen molar-refractivity contribution in [2.45, 2.75) is 19.3 Å². The van der Waals surface area contributed by atoms with Crippen LogP contribution in [0.25, 0.3) is 0 Å². The van der Waals surface area contributed by atoms with E-state index >= 15 is 0 Å². The lowest BCUT2D eigenvalue weighted by molar-refractivity contribution is -0.139. The molecule has 5 rings (SSSR count). The molecule has 2 saturated heterocycles. The van der Waals surface area contributed by atoms with E-state index in [0.717, 1.165) is 0 Å². The zero-order valence-corrected chi connectivity index (χ0v) is 19.5.